The maximum atomic E-state index is 13.3. The molecule has 1 aliphatic rings. The summed E-state index contributed by atoms with van der Waals surface area (Å²) in [4.78, 5) is 27.7. The van der Waals surface area contributed by atoms with Crippen LogP contribution in [0.15, 0.2) is 84.9 Å². The second-order valence-electron chi connectivity index (χ2n) is 8.12. The summed E-state index contributed by atoms with van der Waals surface area (Å²) in [6, 6.07) is 23.1. The van der Waals surface area contributed by atoms with Crippen molar-refractivity contribution in [2.45, 2.75) is 18.6 Å². The van der Waals surface area contributed by atoms with Gasteiger partial charge in [0.25, 0.3) is 5.91 Å². The minimum Gasteiger partial charge on any atom is -0.352 e. The smallest absolute Gasteiger partial charge is 0.352 e. The molecule has 0 aromatic heterocycles. The van der Waals surface area contributed by atoms with E-state index in [0.717, 1.165) is 17.7 Å². The predicted molar refractivity (Wildman–Crippen MR) is 118 cm³/mol. The molecule has 0 bridgehead atoms. The molecule has 0 unspecified atom stereocenters. The lowest BCUT2D eigenvalue weighted by Crippen LogP contribution is -2.35. The Hall–Kier alpha value is -3.61. The minimum atomic E-state index is -4.49. The SMILES string of the molecule is O=C(NCc1ccccc1)[C@H]1CN(C(=O)c2ccccc2)C[C@H]1c1cccc(C(F)(F)F)c1. The lowest BCUT2D eigenvalue weighted by Gasteiger charge is -2.19. The molecule has 1 saturated heterocycles. The standard InChI is InChI=1S/C26H23F3N2O2/c27-26(28,29)21-13-7-12-20(14-21)22-16-31(25(33)19-10-5-2-6-11-19)17-23(22)24(32)30-15-18-8-3-1-4-9-18/h1-14,22-23H,15-17H2,(H,30,32)/t22-,23-/m0/s1. The molecule has 3 aromatic carbocycles. The third kappa shape index (κ3) is 5.25. The summed E-state index contributed by atoms with van der Waals surface area (Å²) in [7, 11) is 0. The molecule has 170 valence electrons. The quantitative estimate of drug-likeness (QED) is 0.600. The zero-order chi connectivity index (χ0) is 23.4. The summed E-state index contributed by atoms with van der Waals surface area (Å²) < 4.78 is 39.9. The van der Waals surface area contributed by atoms with E-state index in [4.69, 9.17) is 0 Å². The number of alkyl halides is 3. The van der Waals surface area contributed by atoms with E-state index in [9.17, 15) is 22.8 Å². The molecule has 4 rings (SSSR count). The fourth-order valence-corrected chi connectivity index (χ4v) is 4.20. The molecule has 0 aliphatic carbocycles. The summed E-state index contributed by atoms with van der Waals surface area (Å²) in [5.41, 5.74) is 1.02. The van der Waals surface area contributed by atoms with Crippen molar-refractivity contribution in [2.24, 2.45) is 5.92 Å². The number of amides is 2. The monoisotopic (exact) mass is 452 g/mol. The van der Waals surface area contributed by atoms with E-state index in [1.54, 1.807) is 41.3 Å². The third-order valence-electron chi connectivity index (χ3n) is 5.92. The Morgan fingerprint density at radius 1 is 0.879 bits per heavy atom. The van der Waals surface area contributed by atoms with Crippen LogP contribution in [0.4, 0.5) is 13.2 Å². The lowest BCUT2D eigenvalue weighted by atomic mass is 9.87. The van der Waals surface area contributed by atoms with Crippen LogP contribution in [0.25, 0.3) is 0 Å². The van der Waals surface area contributed by atoms with Crippen LogP contribution in [-0.4, -0.2) is 29.8 Å². The van der Waals surface area contributed by atoms with Gasteiger partial charge in [0.2, 0.25) is 5.91 Å². The van der Waals surface area contributed by atoms with Crippen molar-refractivity contribution in [3.8, 4) is 0 Å². The van der Waals surface area contributed by atoms with Gasteiger partial charge in [-0.05, 0) is 29.3 Å². The maximum absolute atomic E-state index is 13.3. The Morgan fingerprint density at radius 2 is 1.55 bits per heavy atom. The first-order valence-corrected chi connectivity index (χ1v) is 10.7. The van der Waals surface area contributed by atoms with Gasteiger partial charge in [0, 0.05) is 31.1 Å². The van der Waals surface area contributed by atoms with Gasteiger partial charge in [-0.1, -0.05) is 66.7 Å². The number of carbonyl (C=O) groups excluding carboxylic acids is 2. The van der Waals surface area contributed by atoms with Gasteiger partial charge in [0.1, 0.15) is 0 Å². The molecular weight excluding hydrogens is 429 g/mol. The van der Waals surface area contributed by atoms with Gasteiger partial charge < -0.3 is 10.2 Å². The molecular formula is C26H23F3N2O2. The Bertz CT molecular complexity index is 1120. The van der Waals surface area contributed by atoms with E-state index >= 15 is 0 Å². The third-order valence-corrected chi connectivity index (χ3v) is 5.92. The number of likely N-dealkylation sites (tertiary alicyclic amines) is 1. The molecule has 4 nitrogen and oxygen atoms in total. The number of hydrogen-bond acceptors (Lipinski definition) is 2. The Morgan fingerprint density at radius 3 is 2.21 bits per heavy atom. The van der Waals surface area contributed by atoms with Gasteiger partial charge in [-0.15, -0.1) is 0 Å². The lowest BCUT2D eigenvalue weighted by molar-refractivity contribution is -0.137. The van der Waals surface area contributed by atoms with Gasteiger partial charge in [0.15, 0.2) is 0 Å². The van der Waals surface area contributed by atoms with Gasteiger partial charge in [0.05, 0.1) is 11.5 Å². The fraction of sp³-hybridized carbons (Fsp3) is 0.231. The zero-order valence-corrected chi connectivity index (χ0v) is 17.8. The highest BCUT2D eigenvalue weighted by atomic mass is 19.4. The first-order chi connectivity index (χ1) is 15.8. The molecule has 7 heteroatoms. The number of benzene rings is 3. The highest BCUT2D eigenvalue weighted by molar-refractivity contribution is 5.95. The van der Waals surface area contributed by atoms with Crippen LogP contribution < -0.4 is 5.32 Å². The second-order valence-corrected chi connectivity index (χ2v) is 8.12. The van der Waals surface area contributed by atoms with E-state index in [1.165, 1.54) is 6.07 Å². The molecule has 1 fully saturated rings. The molecule has 1 N–H and O–H groups in total. The fourth-order valence-electron chi connectivity index (χ4n) is 4.20. The van der Waals surface area contributed by atoms with Crippen molar-refractivity contribution in [2.75, 3.05) is 13.1 Å². The molecule has 0 saturated carbocycles. The molecule has 2 amide bonds. The van der Waals surface area contributed by atoms with E-state index in [1.807, 2.05) is 30.3 Å². The van der Waals surface area contributed by atoms with Crippen LogP contribution in [-0.2, 0) is 17.5 Å². The van der Waals surface area contributed by atoms with Gasteiger partial charge in [-0.25, -0.2) is 0 Å². The van der Waals surface area contributed by atoms with Crippen LogP contribution in [0.5, 0.6) is 0 Å². The minimum absolute atomic E-state index is 0.134. The number of hydrogen-bond donors (Lipinski definition) is 1. The van der Waals surface area contributed by atoms with Crippen LogP contribution in [0, 0.1) is 5.92 Å². The molecule has 1 heterocycles. The first-order valence-electron chi connectivity index (χ1n) is 10.7. The van der Waals surface area contributed by atoms with Crippen molar-refractivity contribution in [1.29, 1.82) is 0 Å². The average Bonchev–Trinajstić information content (AvgIpc) is 3.28. The molecule has 0 spiro atoms. The number of carbonyl (C=O) groups is 2. The largest absolute Gasteiger partial charge is 0.416 e. The van der Waals surface area contributed by atoms with Crippen molar-refractivity contribution < 1.29 is 22.8 Å². The number of nitrogens with one attached hydrogen (secondary N) is 1. The predicted octanol–water partition coefficient (Wildman–Crippen LogP) is 4.88. The topological polar surface area (TPSA) is 49.4 Å². The summed E-state index contributed by atoms with van der Waals surface area (Å²) in [5.74, 6) is -1.74. The van der Waals surface area contributed by atoms with Crippen LogP contribution in [0.3, 0.4) is 0 Å². The maximum Gasteiger partial charge on any atom is 0.416 e. The molecule has 0 radical (unpaired) electrons. The highest BCUT2D eigenvalue weighted by Crippen LogP contribution is 2.37. The Balaban J connectivity index is 1.59. The number of halogens is 3. The Labute approximate surface area is 190 Å². The van der Waals surface area contributed by atoms with Crippen molar-refractivity contribution in [1.82, 2.24) is 10.2 Å². The second kappa shape index (κ2) is 9.48. The normalized spacial score (nSPS) is 18.2. The van der Waals surface area contributed by atoms with Gasteiger partial charge >= 0.3 is 6.18 Å². The summed E-state index contributed by atoms with van der Waals surface area (Å²) in [6.07, 6.45) is -4.49. The van der Waals surface area contributed by atoms with Crippen LogP contribution >= 0.6 is 0 Å². The van der Waals surface area contributed by atoms with Crippen molar-refractivity contribution >= 4 is 11.8 Å². The highest BCUT2D eigenvalue weighted by Gasteiger charge is 2.41. The number of nitrogens with zero attached hydrogens (tertiary/aromatic N) is 1. The van der Waals surface area contributed by atoms with E-state index in [0.29, 0.717) is 17.7 Å². The zero-order valence-electron chi connectivity index (χ0n) is 17.8. The van der Waals surface area contributed by atoms with Crippen LogP contribution in [0.2, 0.25) is 0 Å². The van der Waals surface area contributed by atoms with Gasteiger partial charge in [-0.2, -0.15) is 13.2 Å². The van der Waals surface area contributed by atoms with E-state index in [2.05, 4.69) is 5.32 Å². The number of rotatable bonds is 5. The van der Waals surface area contributed by atoms with Crippen LogP contribution in [0.1, 0.15) is 33.0 Å². The van der Waals surface area contributed by atoms with Gasteiger partial charge in [-0.3, -0.25) is 9.59 Å². The van der Waals surface area contributed by atoms with E-state index in [-0.39, 0.29) is 24.9 Å². The Kier molecular flexibility index (Phi) is 6.49. The van der Waals surface area contributed by atoms with E-state index < -0.39 is 23.6 Å². The molecule has 2 atom stereocenters. The molecule has 3 aromatic rings. The van der Waals surface area contributed by atoms with Crippen molar-refractivity contribution in [3.05, 3.63) is 107 Å². The average molecular weight is 452 g/mol. The summed E-state index contributed by atoms with van der Waals surface area (Å²) >= 11 is 0. The molecule has 1 aliphatic heterocycles. The molecule has 33 heavy (non-hydrogen) atoms. The summed E-state index contributed by atoms with van der Waals surface area (Å²) in [6.45, 7) is 0.603. The van der Waals surface area contributed by atoms with Crippen molar-refractivity contribution in [3.63, 3.8) is 0 Å². The first kappa shape index (κ1) is 22.6. The summed E-state index contributed by atoms with van der Waals surface area (Å²) in [5, 5.41) is 2.89.